The van der Waals surface area contributed by atoms with Crippen LogP contribution in [0.2, 0.25) is 0 Å². The Morgan fingerprint density at radius 1 is 1.10 bits per heavy atom. The second-order valence-electron chi connectivity index (χ2n) is 9.07. The van der Waals surface area contributed by atoms with Crippen molar-refractivity contribution in [2.45, 2.75) is 63.8 Å². The monoisotopic (exact) mass is 535 g/mol. The summed E-state index contributed by atoms with van der Waals surface area (Å²) in [4.78, 5) is 21.5. The third kappa shape index (κ3) is 7.22. The Morgan fingerprint density at radius 3 is 2.50 bits per heavy atom. The normalized spacial score (nSPS) is 25.3. The Balaban J connectivity index is 0.00000320. The van der Waals surface area contributed by atoms with E-state index in [9.17, 15) is 4.79 Å². The van der Waals surface area contributed by atoms with E-state index in [2.05, 4.69) is 27.4 Å². The number of ether oxygens (including phenoxy) is 1. The first kappa shape index (κ1) is 25.6. The van der Waals surface area contributed by atoms with E-state index >= 15 is 0 Å². The van der Waals surface area contributed by atoms with Crippen molar-refractivity contribution in [2.75, 3.05) is 59.5 Å². The van der Waals surface area contributed by atoms with Crippen molar-refractivity contribution in [1.82, 2.24) is 20.4 Å². The number of carbonyl (C=O) groups is 1. The van der Waals surface area contributed by atoms with Crippen LogP contribution < -0.4 is 10.6 Å². The van der Waals surface area contributed by atoms with Gasteiger partial charge in [-0.25, -0.2) is 0 Å². The summed E-state index contributed by atoms with van der Waals surface area (Å²) in [5.74, 6) is 1.70. The number of halogens is 1. The van der Waals surface area contributed by atoms with Crippen LogP contribution in [-0.2, 0) is 9.53 Å². The van der Waals surface area contributed by atoms with Gasteiger partial charge in [-0.2, -0.15) is 0 Å². The summed E-state index contributed by atoms with van der Waals surface area (Å²) in [7, 11) is 1.81. The molecule has 0 radical (unpaired) electrons. The number of guanidine groups is 1. The van der Waals surface area contributed by atoms with Gasteiger partial charge in [0, 0.05) is 58.3 Å². The van der Waals surface area contributed by atoms with Crippen LogP contribution in [0, 0.1) is 5.92 Å². The van der Waals surface area contributed by atoms with Gasteiger partial charge < -0.3 is 20.3 Å². The molecule has 3 rings (SSSR count). The molecule has 3 aliphatic rings. The third-order valence-electron chi connectivity index (χ3n) is 6.92. The molecular weight excluding hydrogens is 493 g/mol. The molecule has 2 saturated heterocycles. The van der Waals surface area contributed by atoms with Crippen LogP contribution in [-0.4, -0.2) is 86.7 Å². The molecule has 0 aromatic carbocycles. The minimum absolute atomic E-state index is 0. The van der Waals surface area contributed by atoms with Crippen molar-refractivity contribution in [3.05, 3.63) is 0 Å². The van der Waals surface area contributed by atoms with E-state index < -0.39 is 0 Å². The molecule has 1 saturated carbocycles. The van der Waals surface area contributed by atoms with Crippen LogP contribution in [0.25, 0.3) is 0 Å². The minimum atomic E-state index is 0. The fraction of sp³-hybridized carbons (Fsp3) is 0.909. The highest BCUT2D eigenvalue weighted by atomic mass is 127. The van der Waals surface area contributed by atoms with E-state index in [0.29, 0.717) is 18.9 Å². The first-order chi connectivity index (χ1) is 14.1. The van der Waals surface area contributed by atoms with Gasteiger partial charge >= 0.3 is 0 Å². The Hall–Kier alpha value is -0.610. The molecule has 3 fully saturated rings. The van der Waals surface area contributed by atoms with Gasteiger partial charge in [-0.3, -0.25) is 14.7 Å². The third-order valence-corrected chi connectivity index (χ3v) is 6.92. The van der Waals surface area contributed by atoms with Gasteiger partial charge in [-0.05, 0) is 31.6 Å². The topological polar surface area (TPSA) is 69.2 Å². The zero-order valence-electron chi connectivity index (χ0n) is 19.0. The number of aliphatic imine (C=N–C) groups is 1. The lowest BCUT2D eigenvalue weighted by molar-refractivity contribution is -0.132. The largest absolute Gasteiger partial charge is 0.379 e. The van der Waals surface area contributed by atoms with Crippen LogP contribution >= 0.6 is 24.0 Å². The lowest BCUT2D eigenvalue weighted by atomic mass is 9.80. The zero-order chi connectivity index (χ0) is 20.5. The van der Waals surface area contributed by atoms with Crippen LogP contribution in [0.15, 0.2) is 4.99 Å². The highest BCUT2D eigenvalue weighted by Crippen LogP contribution is 2.33. The fourth-order valence-corrected chi connectivity index (χ4v) is 5.18. The van der Waals surface area contributed by atoms with Crippen molar-refractivity contribution in [3.63, 3.8) is 0 Å². The molecule has 2 N–H and O–H groups in total. The van der Waals surface area contributed by atoms with Gasteiger partial charge in [0.25, 0.3) is 0 Å². The average Bonchev–Trinajstić information content (AvgIpc) is 2.77. The Labute approximate surface area is 199 Å². The lowest BCUT2D eigenvalue weighted by Gasteiger charge is -2.48. The highest BCUT2D eigenvalue weighted by molar-refractivity contribution is 14.0. The molecular formula is C22H42IN5O2. The molecule has 2 aliphatic heterocycles. The van der Waals surface area contributed by atoms with Crippen LogP contribution in [0.1, 0.15) is 58.3 Å². The molecule has 174 valence electrons. The van der Waals surface area contributed by atoms with Gasteiger partial charge in [0.1, 0.15) is 0 Å². The Bertz CT molecular complexity index is 548. The quantitative estimate of drug-likeness (QED) is 0.311. The molecule has 1 unspecified atom stereocenters. The summed E-state index contributed by atoms with van der Waals surface area (Å²) >= 11 is 0. The number of piperidine rings is 1. The zero-order valence-corrected chi connectivity index (χ0v) is 21.3. The maximum atomic E-state index is 12.5. The van der Waals surface area contributed by atoms with Crippen LogP contribution in [0.5, 0.6) is 0 Å². The second kappa shape index (κ2) is 13.1. The number of morpholine rings is 1. The molecule has 30 heavy (non-hydrogen) atoms. The van der Waals surface area contributed by atoms with Crippen LogP contribution in [0.3, 0.4) is 0 Å². The number of carbonyl (C=O) groups excluding carboxylic acids is 1. The molecule has 0 bridgehead atoms. The number of rotatable bonds is 6. The second-order valence-corrected chi connectivity index (χ2v) is 9.07. The number of nitrogens with zero attached hydrogens (tertiary/aromatic N) is 3. The van der Waals surface area contributed by atoms with Gasteiger partial charge in [0.15, 0.2) is 5.96 Å². The van der Waals surface area contributed by atoms with Crippen LogP contribution in [0.4, 0.5) is 0 Å². The fourth-order valence-electron chi connectivity index (χ4n) is 5.18. The van der Waals surface area contributed by atoms with E-state index in [1.165, 1.54) is 38.5 Å². The average molecular weight is 536 g/mol. The number of amides is 1. The number of nitrogens with one attached hydrogen (secondary N) is 2. The predicted octanol–water partition coefficient (Wildman–Crippen LogP) is 2.45. The molecule has 2 heterocycles. The number of hydrogen-bond acceptors (Lipinski definition) is 4. The molecule has 1 atom stereocenters. The van der Waals surface area contributed by atoms with E-state index in [1.54, 1.807) is 0 Å². The Kier molecular flexibility index (Phi) is 11.2. The summed E-state index contributed by atoms with van der Waals surface area (Å²) in [6.07, 6.45) is 9.32. The first-order valence-electron chi connectivity index (χ1n) is 11.7. The van der Waals surface area contributed by atoms with E-state index in [0.717, 1.165) is 58.3 Å². The summed E-state index contributed by atoms with van der Waals surface area (Å²) in [6, 6.07) is 0. The van der Waals surface area contributed by atoms with Gasteiger partial charge in [-0.1, -0.05) is 26.2 Å². The standard InChI is InChI=1S/C22H41N5O2.HI/c1-19-7-6-12-26(17-19)20(28)8-11-24-21(23-2)25-18-22(9-4-3-5-10-22)27-13-15-29-16-14-27;/h19H,3-18H2,1-2H3,(H2,23,24,25);1H. The first-order valence-corrected chi connectivity index (χ1v) is 11.7. The molecule has 8 heteroatoms. The number of hydrogen-bond donors (Lipinski definition) is 2. The van der Waals surface area contributed by atoms with Crippen molar-refractivity contribution in [2.24, 2.45) is 10.9 Å². The number of likely N-dealkylation sites (tertiary alicyclic amines) is 1. The van der Waals surface area contributed by atoms with E-state index in [1.807, 2.05) is 11.9 Å². The van der Waals surface area contributed by atoms with Crippen molar-refractivity contribution in [3.8, 4) is 0 Å². The van der Waals surface area contributed by atoms with Crippen molar-refractivity contribution < 1.29 is 9.53 Å². The lowest BCUT2D eigenvalue weighted by Crippen LogP contribution is -2.60. The predicted molar refractivity (Wildman–Crippen MR) is 133 cm³/mol. The molecule has 0 aromatic heterocycles. The molecule has 1 amide bonds. The SMILES string of the molecule is CN=C(NCCC(=O)N1CCCC(C)C1)NCC1(N2CCOCC2)CCCCC1.I. The smallest absolute Gasteiger partial charge is 0.224 e. The maximum Gasteiger partial charge on any atom is 0.224 e. The van der Waals surface area contributed by atoms with Gasteiger partial charge in [0.2, 0.25) is 5.91 Å². The summed E-state index contributed by atoms with van der Waals surface area (Å²) in [5, 5.41) is 6.93. The Morgan fingerprint density at radius 2 is 1.83 bits per heavy atom. The van der Waals surface area contributed by atoms with Crippen molar-refractivity contribution in [1.29, 1.82) is 0 Å². The summed E-state index contributed by atoms with van der Waals surface area (Å²) in [6.45, 7) is 9.33. The molecule has 0 aromatic rings. The van der Waals surface area contributed by atoms with E-state index in [4.69, 9.17) is 4.74 Å². The highest BCUT2D eigenvalue weighted by Gasteiger charge is 2.38. The summed E-state index contributed by atoms with van der Waals surface area (Å²) < 4.78 is 5.58. The molecule has 1 aliphatic carbocycles. The summed E-state index contributed by atoms with van der Waals surface area (Å²) in [5.41, 5.74) is 0.208. The molecule has 0 spiro atoms. The van der Waals surface area contributed by atoms with Gasteiger partial charge in [-0.15, -0.1) is 24.0 Å². The minimum Gasteiger partial charge on any atom is -0.379 e. The van der Waals surface area contributed by atoms with E-state index in [-0.39, 0.29) is 35.4 Å². The van der Waals surface area contributed by atoms with Crippen molar-refractivity contribution >= 4 is 35.8 Å². The van der Waals surface area contributed by atoms with Gasteiger partial charge in [0.05, 0.1) is 13.2 Å². The molecule has 7 nitrogen and oxygen atoms in total. The maximum absolute atomic E-state index is 12.5.